The molecule has 1 atom stereocenters. The van der Waals surface area contributed by atoms with Gasteiger partial charge in [-0.05, 0) is 19.1 Å². The second-order valence-electron chi connectivity index (χ2n) is 5.26. The summed E-state index contributed by atoms with van der Waals surface area (Å²) in [6.45, 7) is 4.67. The molecule has 0 aliphatic carbocycles. The molecule has 0 saturated carbocycles. The van der Waals surface area contributed by atoms with Crippen molar-refractivity contribution in [1.82, 2.24) is 15.0 Å². The molecule has 0 amide bonds. The van der Waals surface area contributed by atoms with Crippen molar-refractivity contribution in [3.63, 3.8) is 0 Å². The maximum atomic E-state index is 10.8. The fraction of sp³-hybridized carbons (Fsp3) is 0.333. The summed E-state index contributed by atoms with van der Waals surface area (Å²) in [5, 5.41) is 8.87. The molecule has 3 rings (SSSR count). The summed E-state index contributed by atoms with van der Waals surface area (Å²) in [5.74, 6) is -0.346. The summed E-state index contributed by atoms with van der Waals surface area (Å²) < 4.78 is 0. The quantitative estimate of drug-likeness (QED) is 0.914. The van der Waals surface area contributed by atoms with Gasteiger partial charge in [-0.2, -0.15) is 0 Å². The van der Waals surface area contributed by atoms with E-state index >= 15 is 0 Å². The Morgan fingerprint density at radius 3 is 2.59 bits per heavy atom. The lowest BCUT2D eigenvalue weighted by Crippen LogP contribution is -2.52. The molecule has 1 fully saturated rings. The third-order valence-corrected chi connectivity index (χ3v) is 3.81. The van der Waals surface area contributed by atoms with Crippen molar-refractivity contribution in [1.29, 1.82) is 0 Å². The number of piperazine rings is 1. The van der Waals surface area contributed by atoms with E-state index in [-0.39, 0.29) is 11.7 Å². The molecule has 2 aromatic heterocycles. The minimum Gasteiger partial charge on any atom is -0.476 e. The van der Waals surface area contributed by atoms with Gasteiger partial charge in [0.05, 0.1) is 12.4 Å². The van der Waals surface area contributed by atoms with Gasteiger partial charge in [0.1, 0.15) is 5.82 Å². The van der Waals surface area contributed by atoms with Crippen LogP contribution in [0.4, 0.5) is 11.5 Å². The van der Waals surface area contributed by atoms with E-state index < -0.39 is 5.97 Å². The molecule has 1 aliphatic rings. The molecule has 7 heteroatoms. The Balaban J connectivity index is 1.71. The van der Waals surface area contributed by atoms with Crippen LogP contribution in [0.15, 0.2) is 36.9 Å². The van der Waals surface area contributed by atoms with Crippen LogP contribution in [-0.4, -0.2) is 51.7 Å². The molecular weight excluding hydrogens is 282 g/mol. The molecule has 0 spiro atoms. The Morgan fingerprint density at radius 2 is 2.00 bits per heavy atom. The van der Waals surface area contributed by atoms with E-state index in [1.54, 1.807) is 12.4 Å². The topological polar surface area (TPSA) is 82.5 Å². The van der Waals surface area contributed by atoms with Gasteiger partial charge in [-0.3, -0.25) is 4.98 Å². The second kappa shape index (κ2) is 5.97. The second-order valence-corrected chi connectivity index (χ2v) is 5.26. The normalized spacial score (nSPS) is 18.3. The van der Waals surface area contributed by atoms with Gasteiger partial charge >= 0.3 is 5.97 Å². The summed E-state index contributed by atoms with van der Waals surface area (Å²) >= 11 is 0. The number of pyridine rings is 1. The molecule has 1 saturated heterocycles. The Labute approximate surface area is 128 Å². The Kier molecular flexibility index (Phi) is 3.86. The van der Waals surface area contributed by atoms with Crippen molar-refractivity contribution in [2.45, 2.75) is 13.0 Å². The summed E-state index contributed by atoms with van der Waals surface area (Å²) in [6, 6.07) is 4.26. The molecule has 0 radical (unpaired) electrons. The van der Waals surface area contributed by atoms with Crippen LogP contribution in [-0.2, 0) is 0 Å². The number of carboxylic acid groups (broad SMARTS) is 1. The van der Waals surface area contributed by atoms with E-state index in [0.717, 1.165) is 25.3 Å². The van der Waals surface area contributed by atoms with Gasteiger partial charge in [-0.15, -0.1) is 0 Å². The molecule has 22 heavy (non-hydrogen) atoms. The average Bonchev–Trinajstić information content (AvgIpc) is 2.56. The molecule has 1 unspecified atom stereocenters. The molecule has 114 valence electrons. The van der Waals surface area contributed by atoms with Gasteiger partial charge in [-0.25, -0.2) is 14.8 Å². The van der Waals surface area contributed by atoms with Gasteiger partial charge < -0.3 is 14.9 Å². The fourth-order valence-corrected chi connectivity index (χ4v) is 2.67. The standard InChI is InChI=1S/C15H17N5O2/c1-11-10-19(12-2-4-16-5-3-12)6-7-20(11)14-9-17-13(8-18-14)15(21)22/h2-5,8-9,11H,6-7,10H2,1H3,(H,21,22). The van der Waals surface area contributed by atoms with Gasteiger partial charge in [-0.1, -0.05) is 0 Å². The highest BCUT2D eigenvalue weighted by Gasteiger charge is 2.25. The monoisotopic (exact) mass is 299 g/mol. The maximum Gasteiger partial charge on any atom is 0.356 e. The number of rotatable bonds is 3. The lowest BCUT2D eigenvalue weighted by atomic mass is 10.1. The van der Waals surface area contributed by atoms with Crippen molar-refractivity contribution in [2.75, 3.05) is 29.4 Å². The smallest absolute Gasteiger partial charge is 0.356 e. The SMILES string of the molecule is CC1CN(c2ccncc2)CCN1c1cnc(C(=O)O)cn1. The van der Waals surface area contributed by atoms with Crippen molar-refractivity contribution in [3.05, 3.63) is 42.6 Å². The summed E-state index contributed by atoms with van der Waals surface area (Å²) in [6.07, 6.45) is 6.42. The largest absolute Gasteiger partial charge is 0.476 e. The zero-order chi connectivity index (χ0) is 15.5. The van der Waals surface area contributed by atoms with Crippen molar-refractivity contribution in [3.8, 4) is 0 Å². The Morgan fingerprint density at radius 1 is 1.23 bits per heavy atom. The minimum atomic E-state index is -1.06. The van der Waals surface area contributed by atoms with Crippen LogP contribution in [0.1, 0.15) is 17.4 Å². The van der Waals surface area contributed by atoms with Crippen molar-refractivity contribution >= 4 is 17.5 Å². The first-order chi connectivity index (χ1) is 10.6. The third-order valence-electron chi connectivity index (χ3n) is 3.81. The number of hydrogen-bond donors (Lipinski definition) is 1. The van der Waals surface area contributed by atoms with E-state index in [4.69, 9.17) is 5.11 Å². The maximum absolute atomic E-state index is 10.8. The molecule has 1 aliphatic heterocycles. The van der Waals surface area contributed by atoms with E-state index in [1.807, 2.05) is 12.1 Å². The van der Waals surface area contributed by atoms with E-state index in [2.05, 4.69) is 31.7 Å². The van der Waals surface area contributed by atoms with Gasteiger partial charge in [0.25, 0.3) is 0 Å². The first-order valence-electron chi connectivity index (χ1n) is 7.12. The van der Waals surface area contributed by atoms with Gasteiger partial charge in [0.15, 0.2) is 5.69 Å². The number of carbonyl (C=O) groups is 1. The lowest BCUT2D eigenvalue weighted by molar-refractivity contribution is 0.0690. The van der Waals surface area contributed by atoms with E-state index in [1.165, 1.54) is 12.4 Å². The third kappa shape index (κ3) is 2.83. The number of anilines is 2. The number of aromatic carboxylic acids is 1. The van der Waals surface area contributed by atoms with Gasteiger partial charge in [0, 0.05) is 43.8 Å². The molecular formula is C15H17N5O2. The van der Waals surface area contributed by atoms with E-state index in [9.17, 15) is 4.79 Å². The molecule has 0 aromatic carbocycles. The fourth-order valence-electron chi connectivity index (χ4n) is 2.67. The number of aromatic nitrogens is 3. The van der Waals surface area contributed by atoms with Crippen LogP contribution in [0, 0.1) is 0 Å². The predicted molar refractivity (Wildman–Crippen MR) is 82.2 cm³/mol. The Hall–Kier alpha value is -2.70. The van der Waals surface area contributed by atoms with Crippen molar-refractivity contribution in [2.24, 2.45) is 0 Å². The van der Waals surface area contributed by atoms with Crippen LogP contribution in [0.2, 0.25) is 0 Å². The van der Waals surface area contributed by atoms with Gasteiger partial charge in [0.2, 0.25) is 0 Å². The van der Waals surface area contributed by atoms with Crippen LogP contribution in [0.25, 0.3) is 0 Å². The summed E-state index contributed by atoms with van der Waals surface area (Å²) in [7, 11) is 0. The highest BCUT2D eigenvalue weighted by Crippen LogP contribution is 2.21. The molecule has 7 nitrogen and oxygen atoms in total. The first kappa shape index (κ1) is 14.2. The average molecular weight is 299 g/mol. The van der Waals surface area contributed by atoms with Crippen LogP contribution in [0.3, 0.4) is 0 Å². The van der Waals surface area contributed by atoms with Crippen LogP contribution < -0.4 is 9.80 Å². The lowest BCUT2D eigenvalue weighted by Gasteiger charge is -2.41. The molecule has 0 bridgehead atoms. The minimum absolute atomic E-state index is 0.0353. The molecule has 1 N–H and O–H groups in total. The summed E-state index contributed by atoms with van der Waals surface area (Å²) in [5.41, 5.74) is 1.13. The number of hydrogen-bond acceptors (Lipinski definition) is 6. The number of carboxylic acids is 1. The number of nitrogens with zero attached hydrogens (tertiary/aromatic N) is 5. The Bertz CT molecular complexity index is 647. The zero-order valence-electron chi connectivity index (χ0n) is 12.3. The highest BCUT2D eigenvalue weighted by atomic mass is 16.4. The van der Waals surface area contributed by atoms with Crippen LogP contribution >= 0.6 is 0 Å². The van der Waals surface area contributed by atoms with Crippen LogP contribution in [0.5, 0.6) is 0 Å². The van der Waals surface area contributed by atoms with Crippen molar-refractivity contribution < 1.29 is 9.90 Å². The zero-order valence-corrected chi connectivity index (χ0v) is 12.3. The molecule has 3 heterocycles. The molecule has 2 aromatic rings. The summed E-state index contributed by atoms with van der Waals surface area (Å²) in [4.78, 5) is 27.5. The predicted octanol–water partition coefficient (Wildman–Crippen LogP) is 1.28. The highest BCUT2D eigenvalue weighted by molar-refractivity contribution is 5.84. The first-order valence-corrected chi connectivity index (χ1v) is 7.12. The van der Waals surface area contributed by atoms with E-state index in [0.29, 0.717) is 5.82 Å².